The first-order valence-corrected chi connectivity index (χ1v) is 10.0. The molecule has 4 heterocycles. The van der Waals surface area contributed by atoms with Crippen molar-refractivity contribution in [3.63, 3.8) is 0 Å². The number of imidazole rings is 1. The lowest BCUT2D eigenvalue weighted by molar-refractivity contribution is -0.176. The van der Waals surface area contributed by atoms with Crippen LogP contribution in [0.15, 0.2) is 24.8 Å². The molecule has 1 fully saturated rings. The number of aryl methyl sites for hydroxylation is 1. The van der Waals surface area contributed by atoms with E-state index in [0.29, 0.717) is 51.1 Å². The van der Waals surface area contributed by atoms with Gasteiger partial charge in [0, 0.05) is 50.9 Å². The third-order valence-corrected chi connectivity index (χ3v) is 5.65. The Labute approximate surface area is 169 Å². The number of likely N-dealkylation sites (tertiary alicyclic amines) is 1. The average molecular weight is 398 g/mol. The lowest BCUT2D eigenvalue weighted by atomic mass is 9.88. The van der Waals surface area contributed by atoms with Gasteiger partial charge < -0.3 is 19.5 Å². The standard InChI is InChI=1S/C20H26N6O3/c1-3-17(27)25-7-4-20(5-8-25)19-21-6-9-26(19)13-16(29-20)18(28)24-12-15-11-22-14(2)10-23-15/h6,9-11,16H,3-5,7-8,12-13H2,1-2H3,(H,24,28). The van der Waals surface area contributed by atoms with Gasteiger partial charge in [0.05, 0.1) is 30.7 Å². The number of carbonyl (C=O) groups is 2. The molecule has 0 bridgehead atoms. The number of piperidine rings is 1. The maximum atomic E-state index is 12.8. The second-order valence-corrected chi connectivity index (χ2v) is 7.61. The third-order valence-electron chi connectivity index (χ3n) is 5.65. The van der Waals surface area contributed by atoms with Crippen LogP contribution in [0.5, 0.6) is 0 Å². The quantitative estimate of drug-likeness (QED) is 0.822. The van der Waals surface area contributed by atoms with Gasteiger partial charge >= 0.3 is 0 Å². The molecule has 0 radical (unpaired) electrons. The molecule has 9 nitrogen and oxygen atoms in total. The minimum Gasteiger partial charge on any atom is -0.352 e. The summed E-state index contributed by atoms with van der Waals surface area (Å²) in [7, 11) is 0. The number of fused-ring (bicyclic) bond motifs is 2. The summed E-state index contributed by atoms with van der Waals surface area (Å²) < 4.78 is 8.36. The van der Waals surface area contributed by atoms with Crippen LogP contribution in [0.4, 0.5) is 0 Å². The van der Waals surface area contributed by atoms with E-state index >= 15 is 0 Å². The van der Waals surface area contributed by atoms with E-state index in [-0.39, 0.29) is 11.8 Å². The molecule has 2 aromatic rings. The molecule has 29 heavy (non-hydrogen) atoms. The molecule has 2 aliphatic heterocycles. The lowest BCUT2D eigenvalue weighted by Crippen LogP contribution is -2.54. The first-order chi connectivity index (χ1) is 14.0. The number of nitrogens with one attached hydrogen (secondary N) is 1. The van der Waals surface area contributed by atoms with Gasteiger partial charge in [0.25, 0.3) is 5.91 Å². The van der Waals surface area contributed by atoms with Crippen molar-refractivity contribution in [1.29, 1.82) is 0 Å². The molecular weight excluding hydrogens is 372 g/mol. The molecule has 1 saturated heterocycles. The minimum atomic E-state index is -0.641. The van der Waals surface area contributed by atoms with Crippen LogP contribution in [0, 0.1) is 6.92 Å². The Balaban J connectivity index is 1.46. The summed E-state index contributed by atoms with van der Waals surface area (Å²) in [6, 6.07) is 0. The fourth-order valence-corrected chi connectivity index (χ4v) is 4.02. The molecule has 9 heteroatoms. The molecule has 154 valence electrons. The predicted octanol–water partition coefficient (Wildman–Crippen LogP) is 0.924. The Hall–Kier alpha value is -2.81. The van der Waals surface area contributed by atoms with Crippen LogP contribution in [-0.2, 0) is 33.0 Å². The molecule has 1 spiro atoms. The van der Waals surface area contributed by atoms with Crippen LogP contribution in [-0.4, -0.2) is 55.4 Å². The topological polar surface area (TPSA) is 102 Å². The summed E-state index contributed by atoms with van der Waals surface area (Å²) in [5, 5.41) is 2.90. The fraction of sp³-hybridized carbons (Fsp3) is 0.550. The zero-order valence-corrected chi connectivity index (χ0v) is 16.8. The summed E-state index contributed by atoms with van der Waals surface area (Å²) >= 11 is 0. The van der Waals surface area contributed by atoms with Crippen molar-refractivity contribution in [2.45, 2.75) is 57.9 Å². The maximum Gasteiger partial charge on any atom is 0.251 e. The SMILES string of the molecule is CCC(=O)N1CCC2(CC1)OC(C(=O)NCc1cnc(C)cn1)Cn1ccnc12. The van der Waals surface area contributed by atoms with E-state index in [1.54, 1.807) is 18.6 Å². The molecule has 2 amide bonds. The maximum absolute atomic E-state index is 12.8. The molecular formula is C20H26N6O3. The van der Waals surface area contributed by atoms with Gasteiger partial charge in [0.1, 0.15) is 11.4 Å². The van der Waals surface area contributed by atoms with Crippen molar-refractivity contribution in [2.24, 2.45) is 0 Å². The Bertz CT molecular complexity index is 886. The van der Waals surface area contributed by atoms with Crippen molar-refractivity contribution in [3.05, 3.63) is 42.0 Å². The molecule has 1 unspecified atom stereocenters. The second kappa shape index (κ2) is 7.90. The summed E-state index contributed by atoms with van der Waals surface area (Å²) in [6.45, 7) is 5.66. The Kier molecular flexibility index (Phi) is 5.31. The number of rotatable bonds is 4. The van der Waals surface area contributed by atoms with Crippen LogP contribution in [0.3, 0.4) is 0 Å². The predicted molar refractivity (Wildman–Crippen MR) is 103 cm³/mol. The van der Waals surface area contributed by atoms with Gasteiger partial charge in [-0.1, -0.05) is 6.92 Å². The van der Waals surface area contributed by atoms with Crippen molar-refractivity contribution in [1.82, 2.24) is 29.7 Å². The first kappa shape index (κ1) is 19.5. The van der Waals surface area contributed by atoms with E-state index in [4.69, 9.17) is 4.74 Å². The number of aromatic nitrogens is 4. The highest BCUT2D eigenvalue weighted by molar-refractivity contribution is 5.81. The monoisotopic (exact) mass is 398 g/mol. The zero-order chi connectivity index (χ0) is 20.4. The Morgan fingerprint density at radius 3 is 2.72 bits per heavy atom. The molecule has 2 aromatic heterocycles. The number of nitrogens with zero attached hydrogens (tertiary/aromatic N) is 5. The lowest BCUT2D eigenvalue weighted by Gasteiger charge is -2.45. The van der Waals surface area contributed by atoms with Crippen LogP contribution >= 0.6 is 0 Å². The molecule has 1 atom stereocenters. The summed E-state index contributed by atoms with van der Waals surface area (Å²) in [6.07, 6.45) is 8.09. The fourth-order valence-electron chi connectivity index (χ4n) is 4.02. The van der Waals surface area contributed by atoms with Gasteiger partial charge in [-0.15, -0.1) is 0 Å². The van der Waals surface area contributed by atoms with Crippen molar-refractivity contribution in [3.8, 4) is 0 Å². The van der Waals surface area contributed by atoms with Crippen molar-refractivity contribution in [2.75, 3.05) is 13.1 Å². The average Bonchev–Trinajstić information content (AvgIpc) is 3.23. The summed E-state index contributed by atoms with van der Waals surface area (Å²) in [4.78, 5) is 39.7. The highest BCUT2D eigenvalue weighted by atomic mass is 16.5. The summed E-state index contributed by atoms with van der Waals surface area (Å²) in [5.74, 6) is 0.806. The Morgan fingerprint density at radius 2 is 2.03 bits per heavy atom. The van der Waals surface area contributed by atoms with E-state index in [1.807, 2.05) is 29.5 Å². The van der Waals surface area contributed by atoms with Crippen LogP contribution in [0.1, 0.15) is 43.4 Å². The van der Waals surface area contributed by atoms with Crippen LogP contribution in [0.25, 0.3) is 0 Å². The smallest absolute Gasteiger partial charge is 0.251 e. The number of amides is 2. The second-order valence-electron chi connectivity index (χ2n) is 7.61. The Morgan fingerprint density at radius 1 is 1.24 bits per heavy atom. The van der Waals surface area contributed by atoms with Crippen LogP contribution < -0.4 is 5.32 Å². The van der Waals surface area contributed by atoms with E-state index in [9.17, 15) is 9.59 Å². The number of ether oxygens (including phenoxy) is 1. The normalized spacial score (nSPS) is 20.3. The highest BCUT2D eigenvalue weighted by Gasteiger charge is 2.47. The largest absolute Gasteiger partial charge is 0.352 e. The highest BCUT2D eigenvalue weighted by Crippen LogP contribution is 2.40. The summed E-state index contributed by atoms with van der Waals surface area (Å²) in [5.41, 5.74) is 0.889. The number of carbonyl (C=O) groups excluding carboxylic acids is 2. The first-order valence-electron chi connectivity index (χ1n) is 10.0. The number of hydrogen-bond donors (Lipinski definition) is 1. The zero-order valence-electron chi connectivity index (χ0n) is 16.8. The van der Waals surface area contributed by atoms with Gasteiger partial charge in [-0.2, -0.15) is 0 Å². The molecule has 4 rings (SSSR count). The van der Waals surface area contributed by atoms with E-state index in [2.05, 4.69) is 20.3 Å². The molecule has 0 saturated carbocycles. The van der Waals surface area contributed by atoms with Gasteiger partial charge in [-0.25, -0.2) is 4.98 Å². The van der Waals surface area contributed by atoms with Gasteiger partial charge in [0.15, 0.2) is 6.10 Å². The van der Waals surface area contributed by atoms with Gasteiger partial charge in [-0.05, 0) is 6.92 Å². The van der Waals surface area contributed by atoms with Crippen molar-refractivity contribution < 1.29 is 14.3 Å². The van der Waals surface area contributed by atoms with Gasteiger partial charge in [-0.3, -0.25) is 19.6 Å². The number of hydrogen-bond acceptors (Lipinski definition) is 6. The van der Waals surface area contributed by atoms with Gasteiger partial charge in [0.2, 0.25) is 5.91 Å². The van der Waals surface area contributed by atoms with E-state index in [0.717, 1.165) is 11.5 Å². The third kappa shape index (κ3) is 3.87. The van der Waals surface area contributed by atoms with Crippen molar-refractivity contribution >= 4 is 11.8 Å². The van der Waals surface area contributed by atoms with E-state index < -0.39 is 11.7 Å². The molecule has 2 aliphatic rings. The van der Waals surface area contributed by atoms with E-state index in [1.165, 1.54) is 0 Å². The van der Waals surface area contributed by atoms with Crippen LogP contribution in [0.2, 0.25) is 0 Å². The minimum absolute atomic E-state index is 0.146. The molecule has 1 N–H and O–H groups in total. The molecule has 0 aromatic carbocycles. The molecule has 0 aliphatic carbocycles.